The fourth-order valence-electron chi connectivity index (χ4n) is 1.55. The second kappa shape index (κ2) is 7.11. The van der Waals surface area contributed by atoms with Gasteiger partial charge in [0.05, 0.1) is 22.7 Å². The van der Waals surface area contributed by atoms with Gasteiger partial charge in [-0.1, -0.05) is 11.6 Å². The molecule has 116 valence electrons. The molecule has 0 saturated carbocycles. The minimum atomic E-state index is -0.459. The van der Waals surface area contributed by atoms with Gasteiger partial charge in [-0.25, -0.2) is 0 Å². The molecule has 1 aromatic heterocycles. The molecule has 0 fully saturated rings. The number of nitriles is 1. The number of rotatable bonds is 5. The van der Waals surface area contributed by atoms with E-state index >= 15 is 0 Å². The Labute approximate surface area is 136 Å². The molecule has 5 N–H and O–H groups in total. The van der Waals surface area contributed by atoms with Crippen LogP contribution >= 0.6 is 11.6 Å². The number of carbonyl (C=O) groups excluding carboxylic acids is 1. The van der Waals surface area contributed by atoms with Crippen LogP contribution in [0, 0.1) is 16.7 Å². The van der Waals surface area contributed by atoms with Gasteiger partial charge in [-0.15, -0.1) is 0 Å². The molecule has 9 heteroatoms. The van der Waals surface area contributed by atoms with Crippen molar-refractivity contribution in [2.45, 2.75) is 0 Å². The summed E-state index contributed by atoms with van der Waals surface area (Å²) in [6, 6.07) is 9.43. The Kier molecular flexibility index (Phi) is 4.96. The first-order chi connectivity index (χ1) is 11.0. The largest absolute Gasteiger partial charge is 0.459 e. The molecule has 0 unspecified atom stereocenters. The Hall–Kier alpha value is -3.31. The van der Waals surface area contributed by atoms with E-state index in [-0.39, 0.29) is 11.5 Å². The minimum absolute atomic E-state index is 0.140. The van der Waals surface area contributed by atoms with Gasteiger partial charge in [-0.05, 0) is 30.3 Å². The van der Waals surface area contributed by atoms with Gasteiger partial charge >= 0.3 is 0 Å². The van der Waals surface area contributed by atoms with Crippen LogP contribution in [0.15, 0.2) is 46.1 Å². The van der Waals surface area contributed by atoms with Crippen LogP contribution in [0.25, 0.3) is 0 Å². The summed E-state index contributed by atoms with van der Waals surface area (Å²) in [6.45, 7) is 0. The van der Waals surface area contributed by atoms with Crippen LogP contribution in [0.1, 0.15) is 10.6 Å². The summed E-state index contributed by atoms with van der Waals surface area (Å²) < 4.78 is 4.99. The molecule has 1 heterocycles. The normalized spacial score (nSPS) is 10.7. The Morgan fingerprint density at radius 3 is 2.83 bits per heavy atom. The summed E-state index contributed by atoms with van der Waals surface area (Å²) in [5, 5.41) is 22.5. The third-order valence-electron chi connectivity index (χ3n) is 2.62. The summed E-state index contributed by atoms with van der Waals surface area (Å²) in [5.41, 5.74) is 8.26. The van der Waals surface area contributed by atoms with Crippen molar-refractivity contribution in [1.82, 2.24) is 0 Å². The SMILES string of the molecule is N#C/C(=N\Nc1ccc(Cl)c(NC(=O)c2ccco2)c1)C(=N)N. The van der Waals surface area contributed by atoms with Gasteiger partial charge in [0.1, 0.15) is 6.07 Å². The fraction of sp³-hybridized carbons (Fsp3) is 0. The molecule has 2 rings (SSSR count). The second-order valence-corrected chi connectivity index (χ2v) is 4.63. The quantitative estimate of drug-likeness (QED) is 0.378. The number of furan rings is 1. The number of nitrogens with two attached hydrogens (primary N) is 1. The Morgan fingerprint density at radius 1 is 1.43 bits per heavy atom. The average molecular weight is 331 g/mol. The minimum Gasteiger partial charge on any atom is -0.459 e. The number of carbonyl (C=O) groups is 1. The fourth-order valence-corrected chi connectivity index (χ4v) is 1.71. The predicted octanol–water partition coefficient (Wildman–Crippen LogP) is 2.41. The van der Waals surface area contributed by atoms with Crippen LogP contribution in [0.3, 0.4) is 0 Å². The highest BCUT2D eigenvalue weighted by Gasteiger charge is 2.11. The Balaban J connectivity index is 2.18. The van der Waals surface area contributed by atoms with Gasteiger partial charge in [0.25, 0.3) is 5.91 Å². The monoisotopic (exact) mass is 330 g/mol. The van der Waals surface area contributed by atoms with Crippen LogP contribution in [0.4, 0.5) is 11.4 Å². The van der Waals surface area contributed by atoms with E-state index in [1.165, 1.54) is 24.5 Å². The summed E-state index contributed by atoms with van der Waals surface area (Å²) in [5.74, 6) is -0.778. The van der Waals surface area contributed by atoms with E-state index < -0.39 is 11.7 Å². The van der Waals surface area contributed by atoms with Crippen LogP contribution in [-0.2, 0) is 0 Å². The maximum Gasteiger partial charge on any atom is 0.291 e. The molecule has 0 radical (unpaired) electrons. The maximum atomic E-state index is 11.9. The highest BCUT2D eigenvalue weighted by molar-refractivity contribution is 6.45. The zero-order chi connectivity index (χ0) is 16.8. The third kappa shape index (κ3) is 4.09. The van der Waals surface area contributed by atoms with Gasteiger partial charge in [-0.3, -0.25) is 15.6 Å². The van der Waals surface area contributed by atoms with Crippen molar-refractivity contribution in [3.05, 3.63) is 47.4 Å². The third-order valence-corrected chi connectivity index (χ3v) is 2.95. The number of amides is 1. The van der Waals surface area contributed by atoms with Crippen LogP contribution in [0.5, 0.6) is 0 Å². The van der Waals surface area contributed by atoms with Crippen molar-refractivity contribution >= 4 is 40.4 Å². The number of anilines is 2. The molecule has 1 aromatic carbocycles. The van der Waals surface area contributed by atoms with Crippen LogP contribution in [-0.4, -0.2) is 17.5 Å². The zero-order valence-corrected chi connectivity index (χ0v) is 12.4. The molecular weight excluding hydrogens is 320 g/mol. The first-order valence-electron chi connectivity index (χ1n) is 6.24. The molecule has 0 atom stereocenters. The molecule has 0 bridgehead atoms. The molecule has 8 nitrogen and oxygen atoms in total. The molecule has 0 aliphatic carbocycles. The summed E-state index contributed by atoms with van der Waals surface area (Å²) in [4.78, 5) is 11.9. The smallest absolute Gasteiger partial charge is 0.291 e. The summed E-state index contributed by atoms with van der Waals surface area (Å²) in [6.07, 6.45) is 1.38. The highest BCUT2D eigenvalue weighted by atomic mass is 35.5. The van der Waals surface area contributed by atoms with Crippen molar-refractivity contribution < 1.29 is 9.21 Å². The van der Waals surface area contributed by atoms with Crippen LogP contribution < -0.4 is 16.5 Å². The number of amidine groups is 1. The first-order valence-corrected chi connectivity index (χ1v) is 6.61. The van der Waals surface area contributed by atoms with Gasteiger partial charge in [-0.2, -0.15) is 10.4 Å². The van der Waals surface area contributed by atoms with Crippen LogP contribution in [0.2, 0.25) is 5.02 Å². The topological polar surface area (TPSA) is 140 Å². The number of hydrogen-bond donors (Lipinski definition) is 4. The number of benzene rings is 1. The maximum absolute atomic E-state index is 11.9. The lowest BCUT2D eigenvalue weighted by molar-refractivity contribution is 0.0996. The van der Waals surface area contributed by atoms with E-state index in [4.69, 9.17) is 32.4 Å². The first kappa shape index (κ1) is 16.1. The summed E-state index contributed by atoms with van der Waals surface area (Å²) >= 11 is 6.03. The van der Waals surface area contributed by atoms with Crippen molar-refractivity contribution in [3.8, 4) is 6.07 Å². The van der Waals surface area contributed by atoms with E-state index in [2.05, 4.69) is 15.8 Å². The second-order valence-electron chi connectivity index (χ2n) is 4.22. The van der Waals surface area contributed by atoms with Gasteiger partial charge in [0.15, 0.2) is 11.6 Å². The number of halogens is 1. The molecule has 0 aliphatic heterocycles. The molecule has 23 heavy (non-hydrogen) atoms. The van der Waals surface area contributed by atoms with Gasteiger partial charge in [0, 0.05) is 0 Å². The van der Waals surface area contributed by atoms with E-state index in [1.807, 2.05) is 0 Å². The van der Waals surface area contributed by atoms with E-state index in [0.717, 1.165) is 0 Å². The lowest BCUT2D eigenvalue weighted by Crippen LogP contribution is -2.21. The van der Waals surface area contributed by atoms with Crippen molar-refractivity contribution in [3.63, 3.8) is 0 Å². The number of nitrogens with one attached hydrogen (secondary N) is 3. The van der Waals surface area contributed by atoms with Crippen molar-refractivity contribution in [2.24, 2.45) is 10.8 Å². The van der Waals surface area contributed by atoms with E-state index in [9.17, 15) is 4.79 Å². The molecule has 0 aliphatic rings. The lowest BCUT2D eigenvalue weighted by atomic mass is 10.2. The number of hydrogen-bond acceptors (Lipinski definition) is 6. The Bertz CT molecular complexity index is 807. The summed E-state index contributed by atoms with van der Waals surface area (Å²) in [7, 11) is 0. The Morgan fingerprint density at radius 2 is 2.22 bits per heavy atom. The zero-order valence-electron chi connectivity index (χ0n) is 11.6. The molecule has 2 aromatic rings. The van der Waals surface area contributed by atoms with Crippen molar-refractivity contribution in [1.29, 1.82) is 10.7 Å². The van der Waals surface area contributed by atoms with E-state index in [0.29, 0.717) is 16.4 Å². The highest BCUT2D eigenvalue weighted by Crippen LogP contribution is 2.26. The molecule has 0 saturated heterocycles. The molecule has 1 amide bonds. The van der Waals surface area contributed by atoms with Gasteiger partial charge < -0.3 is 15.5 Å². The standard InChI is InChI=1S/C14H11ClN6O2/c15-9-4-3-8(20-21-11(7-16)13(17)18)6-10(9)19-14(22)12-2-1-5-23-12/h1-6,20H,(H3,17,18)(H,19,22)/b21-11+. The molecule has 0 spiro atoms. The predicted molar refractivity (Wildman–Crippen MR) is 86.7 cm³/mol. The van der Waals surface area contributed by atoms with E-state index in [1.54, 1.807) is 18.2 Å². The molecular formula is C14H11ClN6O2. The number of hydrazone groups is 1. The number of nitrogens with zero attached hydrogens (tertiary/aromatic N) is 2. The van der Waals surface area contributed by atoms with Gasteiger partial charge in [0.2, 0.25) is 5.71 Å². The average Bonchev–Trinajstić information content (AvgIpc) is 3.05. The van der Waals surface area contributed by atoms with Crippen molar-refractivity contribution in [2.75, 3.05) is 10.7 Å². The lowest BCUT2D eigenvalue weighted by Gasteiger charge is -2.08.